The second kappa shape index (κ2) is 5.00. The molecular weight excluding hydrogens is 248 g/mol. The number of carbonyl (C=O) groups is 1. The van der Waals surface area contributed by atoms with Crippen LogP contribution in [0.25, 0.3) is 0 Å². The number of alkyl halides is 2. The van der Waals surface area contributed by atoms with Gasteiger partial charge < -0.3 is 14.9 Å². The highest BCUT2D eigenvalue weighted by atomic mass is 19.3. The lowest BCUT2D eigenvalue weighted by molar-refractivity contribution is -0.147. The predicted molar refractivity (Wildman–Crippen MR) is 45.6 cm³/mol. The van der Waals surface area contributed by atoms with Crippen LogP contribution < -0.4 is 4.74 Å². The molecule has 0 saturated carbocycles. The molecule has 0 radical (unpaired) electrons. The Labute approximate surface area is 92.1 Å². The van der Waals surface area contributed by atoms with Gasteiger partial charge in [-0.2, -0.15) is 8.78 Å². The topological polar surface area (TPSA) is 66.8 Å². The van der Waals surface area contributed by atoms with E-state index in [4.69, 9.17) is 10.2 Å². The summed E-state index contributed by atoms with van der Waals surface area (Å²) in [7, 11) is 0. The van der Waals surface area contributed by atoms with Crippen LogP contribution in [0.3, 0.4) is 0 Å². The molecule has 0 heterocycles. The number of aliphatic hydroxyl groups is 1. The fourth-order valence-electron chi connectivity index (χ4n) is 1.10. The minimum atomic E-state index is -3.40. The molecule has 4 nitrogen and oxygen atoms in total. The highest BCUT2D eigenvalue weighted by Gasteiger charge is 2.25. The van der Waals surface area contributed by atoms with Crippen molar-refractivity contribution in [1.29, 1.82) is 0 Å². The van der Waals surface area contributed by atoms with Crippen molar-refractivity contribution in [3.63, 3.8) is 0 Å². The van der Waals surface area contributed by atoms with E-state index in [9.17, 15) is 22.4 Å². The van der Waals surface area contributed by atoms with E-state index in [1.807, 2.05) is 0 Å². The van der Waals surface area contributed by atoms with Gasteiger partial charge in [0.2, 0.25) is 0 Å². The average molecular weight is 254 g/mol. The largest absolute Gasteiger partial charge is 0.479 e. The predicted octanol–water partition coefficient (Wildman–Crippen LogP) is 1.68. The van der Waals surface area contributed by atoms with E-state index in [0.29, 0.717) is 12.1 Å². The average Bonchev–Trinajstić information content (AvgIpc) is 2.21. The van der Waals surface area contributed by atoms with Crippen LogP contribution in [-0.4, -0.2) is 22.8 Å². The van der Waals surface area contributed by atoms with E-state index in [-0.39, 0.29) is 0 Å². The van der Waals surface area contributed by atoms with Gasteiger partial charge in [0.05, 0.1) is 0 Å². The first-order valence-corrected chi connectivity index (χ1v) is 4.17. The Morgan fingerprint density at radius 2 is 1.88 bits per heavy atom. The summed E-state index contributed by atoms with van der Waals surface area (Å²) in [6, 6.07) is 0.700. The maximum absolute atomic E-state index is 13.4. The van der Waals surface area contributed by atoms with Crippen molar-refractivity contribution < 1.29 is 37.3 Å². The number of carboxylic acid groups (broad SMARTS) is 1. The standard InChI is InChI=1S/C9H6F4O4/c10-3-1-4(7(14)8(15)16)6(11)5(2-3)17-9(12)13/h1-2,7,9,14H,(H,15,16). The molecule has 0 fully saturated rings. The van der Waals surface area contributed by atoms with Crippen molar-refractivity contribution in [2.45, 2.75) is 12.7 Å². The lowest BCUT2D eigenvalue weighted by atomic mass is 10.1. The SMILES string of the molecule is O=C(O)C(O)c1cc(F)cc(OC(F)F)c1F. The Morgan fingerprint density at radius 1 is 1.29 bits per heavy atom. The van der Waals surface area contributed by atoms with E-state index >= 15 is 0 Å². The summed E-state index contributed by atoms with van der Waals surface area (Å²) in [6.45, 7) is -3.40. The Bertz CT molecular complexity index is 435. The van der Waals surface area contributed by atoms with E-state index < -0.39 is 41.6 Å². The van der Waals surface area contributed by atoms with Crippen molar-refractivity contribution in [3.05, 3.63) is 29.3 Å². The molecule has 0 aliphatic carbocycles. The van der Waals surface area contributed by atoms with E-state index in [1.165, 1.54) is 0 Å². The second-order valence-electron chi connectivity index (χ2n) is 2.93. The number of rotatable bonds is 4. The lowest BCUT2D eigenvalue weighted by Crippen LogP contribution is -2.14. The van der Waals surface area contributed by atoms with E-state index in [2.05, 4.69) is 4.74 Å². The number of hydrogen-bond donors (Lipinski definition) is 2. The zero-order valence-corrected chi connectivity index (χ0v) is 8.03. The Hall–Kier alpha value is -1.83. The maximum Gasteiger partial charge on any atom is 0.387 e. The summed E-state index contributed by atoms with van der Waals surface area (Å²) in [5.74, 6) is -5.79. The van der Waals surface area contributed by atoms with Crippen LogP contribution in [0.15, 0.2) is 12.1 Å². The van der Waals surface area contributed by atoms with Crippen molar-refractivity contribution in [2.75, 3.05) is 0 Å². The van der Waals surface area contributed by atoms with Crippen LogP contribution in [0.1, 0.15) is 11.7 Å². The summed E-state index contributed by atoms with van der Waals surface area (Å²) < 4.78 is 53.6. The minimum absolute atomic E-state index is 0.319. The summed E-state index contributed by atoms with van der Waals surface area (Å²) in [5, 5.41) is 17.4. The Balaban J connectivity index is 3.23. The molecule has 8 heteroatoms. The molecule has 94 valence electrons. The third kappa shape index (κ3) is 3.06. The van der Waals surface area contributed by atoms with Crippen LogP contribution in [-0.2, 0) is 4.79 Å². The Morgan fingerprint density at radius 3 is 2.35 bits per heavy atom. The summed E-state index contributed by atoms with van der Waals surface area (Å²) >= 11 is 0. The van der Waals surface area contributed by atoms with E-state index in [0.717, 1.165) is 0 Å². The molecule has 2 N–H and O–H groups in total. The molecule has 0 amide bonds. The van der Waals surface area contributed by atoms with Crippen LogP contribution in [0.5, 0.6) is 5.75 Å². The first-order valence-electron chi connectivity index (χ1n) is 4.17. The van der Waals surface area contributed by atoms with Gasteiger partial charge in [0.1, 0.15) is 5.82 Å². The molecule has 1 rings (SSSR count). The summed E-state index contributed by atoms with van der Waals surface area (Å²) in [6.07, 6.45) is -2.37. The van der Waals surface area contributed by atoms with Gasteiger partial charge in [0.25, 0.3) is 0 Å². The van der Waals surface area contributed by atoms with Crippen LogP contribution in [0, 0.1) is 11.6 Å². The highest BCUT2D eigenvalue weighted by molar-refractivity contribution is 5.74. The van der Waals surface area contributed by atoms with Crippen molar-refractivity contribution >= 4 is 5.97 Å². The molecule has 0 bridgehead atoms. The fourth-order valence-corrected chi connectivity index (χ4v) is 1.10. The number of aliphatic carboxylic acids is 1. The summed E-state index contributed by atoms with van der Waals surface area (Å²) in [5.41, 5.74) is -0.992. The molecule has 1 aromatic rings. The fraction of sp³-hybridized carbons (Fsp3) is 0.222. The number of aliphatic hydroxyl groups excluding tert-OH is 1. The molecular formula is C9H6F4O4. The zero-order valence-electron chi connectivity index (χ0n) is 8.03. The van der Waals surface area contributed by atoms with Gasteiger partial charge in [-0.05, 0) is 6.07 Å². The van der Waals surface area contributed by atoms with Crippen molar-refractivity contribution in [1.82, 2.24) is 0 Å². The number of ether oxygens (including phenoxy) is 1. The van der Waals surface area contributed by atoms with Crippen molar-refractivity contribution in [2.24, 2.45) is 0 Å². The Kier molecular flexibility index (Phi) is 3.89. The van der Waals surface area contributed by atoms with E-state index in [1.54, 1.807) is 0 Å². The normalized spacial score (nSPS) is 12.6. The molecule has 0 spiro atoms. The smallest absolute Gasteiger partial charge is 0.387 e. The van der Waals surface area contributed by atoms with Gasteiger partial charge in [0, 0.05) is 11.6 Å². The molecule has 0 aliphatic rings. The molecule has 0 aliphatic heterocycles. The lowest BCUT2D eigenvalue weighted by Gasteiger charge is -2.11. The zero-order chi connectivity index (χ0) is 13.2. The molecule has 0 aromatic heterocycles. The minimum Gasteiger partial charge on any atom is -0.479 e. The second-order valence-corrected chi connectivity index (χ2v) is 2.93. The molecule has 0 saturated heterocycles. The van der Waals surface area contributed by atoms with Gasteiger partial charge in [-0.3, -0.25) is 0 Å². The van der Waals surface area contributed by atoms with Crippen LogP contribution in [0.2, 0.25) is 0 Å². The third-order valence-corrected chi connectivity index (χ3v) is 1.78. The van der Waals surface area contributed by atoms with Crippen LogP contribution >= 0.6 is 0 Å². The molecule has 1 unspecified atom stereocenters. The number of carboxylic acids is 1. The molecule has 1 aromatic carbocycles. The summed E-state index contributed by atoms with van der Waals surface area (Å²) in [4.78, 5) is 10.4. The number of benzene rings is 1. The highest BCUT2D eigenvalue weighted by Crippen LogP contribution is 2.28. The number of halogens is 4. The van der Waals surface area contributed by atoms with Gasteiger partial charge in [-0.25, -0.2) is 13.6 Å². The van der Waals surface area contributed by atoms with Gasteiger partial charge >= 0.3 is 12.6 Å². The first kappa shape index (κ1) is 13.2. The molecule has 1 atom stereocenters. The van der Waals surface area contributed by atoms with Gasteiger partial charge in [-0.1, -0.05) is 0 Å². The van der Waals surface area contributed by atoms with Crippen LogP contribution in [0.4, 0.5) is 17.6 Å². The van der Waals surface area contributed by atoms with Crippen molar-refractivity contribution in [3.8, 4) is 5.75 Å². The monoisotopic (exact) mass is 254 g/mol. The maximum atomic E-state index is 13.4. The number of hydrogen-bond acceptors (Lipinski definition) is 3. The van der Waals surface area contributed by atoms with Gasteiger partial charge in [0.15, 0.2) is 17.7 Å². The quantitative estimate of drug-likeness (QED) is 0.802. The first-order chi connectivity index (χ1) is 7.82. The molecule has 17 heavy (non-hydrogen) atoms. The third-order valence-electron chi connectivity index (χ3n) is 1.78. The van der Waals surface area contributed by atoms with Gasteiger partial charge in [-0.15, -0.1) is 0 Å².